The first-order valence-corrected chi connectivity index (χ1v) is 5.27. The molecule has 0 heterocycles. The number of hydrogen-bond donors (Lipinski definition) is 0. The SMILES string of the molecule is C=C(C)C(=O)OCC(C)(C)S(=O)(=O)[O-].[K+]. The molecule has 0 aliphatic rings. The second-order valence-corrected chi connectivity index (χ2v) is 5.58. The van der Waals surface area contributed by atoms with Gasteiger partial charge in [-0.3, -0.25) is 0 Å². The van der Waals surface area contributed by atoms with Crippen LogP contribution in [0.1, 0.15) is 20.8 Å². The molecule has 0 radical (unpaired) electrons. The average Bonchev–Trinajstić information content (AvgIpc) is 1.97. The van der Waals surface area contributed by atoms with Gasteiger partial charge in [-0.25, -0.2) is 13.2 Å². The second kappa shape index (κ2) is 6.48. The van der Waals surface area contributed by atoms with E-state index < -0.39 is 27.4 Å². The Morgan fingerprint density at radius 2 is 1.87 bits per heavy atom. The van der Waals surface area contributed by atoms with Crippen LogP contribution in [0.25, 0.3) is 0 Å². The molecule has 0 aromatic heterocycles. The predicted molar refractivity (Wildman–Crippen MR) is 49.5 cm³/mol. The predicted octanol–water partition coefficient (Wildman–Crippen LogP) is -2.57. The molecule has 0 spiro atoms. The number of ether oxygens (including phenoxy) is 1. The molecule has 15 heavy (non-hydrogen) atoms. The van der Waals surface area contributed by atoms with Gasteiger partial charge >= 0.3 is 57.4 Å². The monoisotopic (exact) mass is 260 g/mol. The van der Waals surface area contributed by atoms with Gasteiger partial charge in [-0.05, 0) is 20.8 Å². The van der Waals surface area contributed by atoms with Gasteiger partial charge in [0.1, 0.15) is 16.7 Å². The van der Waals surface area contributed by atoms with E-state index in [1.54, 1.807) is 0 Å². The molecule has 7 heteroatoms. The molecule has 0 fully saturated rings. The summed E-state index contributed by atoms with van der Waals surface area (Å²) in [4.78, 5) is 10.9. The van der Waals surface area contributed by atoms with Crippen LogP contribution < -0.4 is 51.4 Å². The maximum absolute atomic E-state index is 10.9. The molecule has 0 saturated carbocycles. The van der Waals surface area contributed by atoms with E-state index in [9.17, 15) is 17.8 Å². The Balaban J connectivity index is 0. The molecule has 0 aliphatic heterocycles. The molecule has 0 aromatic carbocycles. The molecule has 0 amide bonds. The Bertz CT molecular complexity index is 344. The molecule has 0 aliphatic carbocycles. The van der Waals surface area contributed by atoms with E-state index in [1.165, 1.54) is 20.8 Å². The van der Waals surface area contributed by atoms with Gasteiger partial charge in [0.25, 0.3) is 0 Å². The number of carbonyl (C=O) groups is 1. The van der Waals surface area contributed by atoms with Crippen molar-refractivity contribution >= 4 is 16.1 Å². The fraction of sp³-hybridized carbons (Fsp3) is 0.625. The smallest absolute Gasteiger partial charge is 0.747 e. The van der Waals surface area contributed by atoms with Gasteiger partial charge in [-0.15, -0.1) is 0 Å². The molecular formula is C8H13KO5S. The summed E-state index contributed by atoms with van der Waals surface area (Å²) in [5.74, 6) is -0.707. The summed E-state index contributed by atoms with van der Waals surface area (Å²) in [5, 5.41) is 0. The number of rotatable bonds is 4. The second-order valence-electron chi connectivity index (χ2n) is 3.57. The van der Waals surface area contributed by atoms with Crippen molar-refractivity contribution in [2.75, 3.05) is 6.61 Å². The molecule has 0 rings (SSSR count). The van der Waals surface area contributed by atoms with Crippen molar-refractivity contribution < 1.29 is 73.9 Å². The Hall–Kier alpha value is 0.756. The minimum absolute atomic E-state index is 0. The van der Waals surface area contributed by atoms with Gasteiger partial charge in [-0.2, -0.15) is 0 Å². The summed E-state index contributed by atoms with van der Waals surface area (Å²) in [5.41, 5.74) is 0.157. The average molecular weight is 260 g/mol. The van der Waals surface area contributed by atoms with E-state index in [-0.39, 0.29) is 57.0 Å². The van der Waals surface area contributed by atoms with Crippen molar-refractivity contribution in [3.63, 3.8) is 0 Å². The molecule has 82 valence electrons. The molecular weight excluding hydrogens is 247 g/mol. The maximum atomic E-state index is 10.9. The summed E-state index contributed by atoms with van der Waals surface area (Å²) in [6.45, 7) is 6.67. The van der Waals surface area contributed by atoms with Gasteiger partial charge in [0, 0.05) is 5.57 Å². The summed E-state index contributed by atoms with van der Waals surface area (Å²) in [6.07, 6.45) is 0. The summed E-state index contributed by atoms with van der Waals surface area (Å²) in [7, 11) is -4.48. The summed E-state index contributed by atoms with van der Waals surface area (Å²) >= 11 is 0. The van der Waals surface area contributed by atoms with Gasteiger partial charge in [0.2, 0.25) is 0 Å². The minimum atomic E-state index is -4.48. The molecule has 0 atom stereocenters. The van der Waals surface area contributed by atoms with Crippen LogP contribution in [0, 0.1) is 0 Å². The maximum Gasteiger partial charge on any atom is 1.00 e. The zero-order valence-corrected chi connectivity index (χ0v) is 13.3. The first-order chi connectivity index (χ1) is 6.08. The Kier molecular flexibility index (Phi) is 7.83. The van der Waals surface area contributed by atoms with E-state index in [0.29, 0.717) is 0 Å². The molecule has 0 unspecified atom stereocenters. The summed E-state index contributed by atoms with van der Waals surface area (Å²) < 4.78 is 35.0. The molecule has 0 bridgehead atoms. The fourth-order valence-electron chi connectivity index (χ4n) is 0.435. The Labute approximate surface area is 132 Å². The fourth-order valence-corrected chi connectivity index (χ4v) is 0.638. The molecule has 0 saturated heterocycles. The van der Waals surface area contributed by atoms with Gasteiger partial charge < -0.3 is 9.29 Å². The van der Waals surface area contributed by atoms with Crippen LogP contribution in [0.5, 0.6) is 0 Å². The molecule has 5 nitrogen and oxygen atoms in total. The number of esters is 1. The topological polar surface area (TPSA) is 83.5 Å². The van der Waals surface area contributed by atoms with E-state index in [1.807, 2.05) is 0 Å². The molecule has 0 N–H and O–H groups in total. The van der Waals surface area contributed by atoms with Crippen molar-refractivity contribution in [3.8, 4) is 0 Å². The Morgan fingerprint density at radius 3 is 2.13 bits per heavy atom. The number of hydrogen-bond acceptors (Lipinski definition) is 5. The van der Waals surface area contributed by atoms with E-state index in [4.69, 9.17) is 0 Å². The van der Waals surface area contributed by atoms with Crippen molar-refractivity contribution in [2.45, 2.75) is 25.5 Å². The van der Waals surface area contributed by atoms with Crippen LogP contribution in [0.4, 0.5) is 0 Å². The van der Waals surface area contributed by atoms with Crippen molar-refractivity contribution in [1.29, 1.82) is 0 Å². The zero-order valence-electron chi connectivity index (χ0n) is 9.36. The van der Waals surface area contributed by atoms with Gasteiger partial charge in [-0.1, -0.05) is 6.58 Å². The van der Waals surface area contributed by atoms with Crippen molar-refractivity contribution in [3.05, 3.63) is 12.2 Å². The van der Waals surface area contributed by atoms with Crippen LogP contribution in [0.2, 0.25) is 0 Å². The third kappa shape index (κ3) is 6.15. The standard InChI is InChI=1S/C8H14O5S.K/c1-6(2)7(9)13-5-8(3,4)14(10,11)12;/h1,5H2,2-4H3,(H,10,11,12);/q;+1/p-1. The van der Waals surface area contributed by atoms with Crippen LogP contribution in [-0.4, -0.2) is 30.3 Å². The normalized spacial score (nSPS) is 11.5. The van der Waals surface area contributed by atoms with Crippen molar-refractivity contribution in [2.24, 2.45) is 0 Å². The van der Waals surface area contributed by atoms with E-state index in [2.05, 4.69) is 11.3 Å². The van der Waals surface area contributed by atoms with Crippen LogP contribution in [-0.2, 0) is 19.6 Å². The van der Waals surface area contributed by atoms with Gasteiger partial charge in [0.05, 0.1) is 4.75 Å². The van der Waals surface area contributed by atoms with E-state index in [0.717, 1.165) is 0 Å². The molecule has 0 aromatic rings. The largest absolute Gasteiger partial charge is 1.00 e. The quantitative estimate of drug-likeness (QED) is 0.240. The van der Waals surface area contributed by atoms with Crippen molar-refractivity contribution in [1.82, 2.24) is 0 Å². The minimum Gasteiger partial charge on any atom is -0.747 e. The summed E-state index contributed by atoms with van der Waals surface area (Å²) in [6, 6.07) is 0. The van der Waals surface area contributed by atoms with Crippen LogP contribution in [0.3, 0.4) is 0 Å². The third-order valence-corrected chi connectivity index (χ3v) is 3.05. The third-order valence-electron chi connectivity index (χ3n) is 1.58. The number of carbonyl (C=O) groups excluding carboxylic acids is 1. The first kappa shape index (κ1) is 18.1. The first-order valence-electron chi connectivity index (χ1n) is 3.86. The van der Waals surface area contributed by atoms with Crippen LogP contribution in [0.15, 0.2) is 12.2 Å². The van der Waals surface area contributed by atoms with E-state index >= 15 is 0 Å². The van der Waals surface area contributed by atoms with Crippen LogP contribution >= 0.6 is 0 Å². The zero-order chi connectivity index (χ0) is 11.6. The Morgan fingerprint density at radius 1 is 1.47 bits per heavy atom. The van der Waals surface area contributed by atoms with Gasteiger partial charge in [0.15, 0.2) is 0 Å².